The van der Waals surface area contributed by atoms with E-state index in [1.807, 2.05) is 13.8 Å². The molecule has 2 rings (SSSR count). The van der Waals surface area contributed by atoms with Crippen molar-refractivity contribution in [1.82, 2.24) is 9.97 Å². The first-order valence-electron chi connectivity index (χ1n) is 5.99. The highest BCUT2D eigenvalue weighted by Gasteiger charge is 2.16. The number of nitrogen functional groups attached to an aromatic ring is 1. The average molecular weight is 262 g/mol. The van der Waals surface area contributed by atoms with E-state index >= 15 is 0 Å². The van der Waals surface area contributed by atoms with E-state index in [1.165, 1.54) is 6.33 Å². The molecule has 0 spiro atoms. The third-order valence-electron chi connectivity index (χ3n) is 3.07. The standard InChI is InChI=1S/C13H18N4O2/c1-13(2,19-3)6-15-11-5-10-8(4-9(11)14)12(18)17-7-16-10/h4-5,7,15H,6,14H2,1-3H3,(H,16,17,18). The fourth-order valence-electron chi connectivity index (χ4n) is 1.67. The molecular weight excluding hydrogens is 244 g/mol. The van der Waals surface area contributed by atoms with E-state index in [9.17, 15) is 4.79 Å². The number of H-pyrrole nitrogens is 1. The molecule has 0 aliphatic heterocycles. The molecule has 6 nitrogen and oxygen atoms in total. The van der Waals surface area contributed by atoms with Crippen LogP contribution in [0.4, 0.5) is 11.4 Å². The van der Waals surface area contributed by atoms with Crippen LogP contribution in [0, 0.1) is 0 Å². The maximum absolute atomic E-state index is 11.6. The van der Waals surface area contributed by atoms with Crippen molar-refractivity contribution in [3.05, 3.63) is 28.8 Å². The lowest BCUT2D eigenvalue weighted by Crippen LogP contribution is -2.32. The van der Waals surface area contributed by atoms with Crippen LogP contribution in [0.25, 0.3) is 10.9 Å². The third-order valence-corrected chi connectivity index (χ3v) is 3.07. The lowest BCUT2D eigenvalue weighted by atomic mass is 10.1. The number of aromatic nitrogens is 2. The van der Waals surface area contributed by atoms with Gasteiger partial charge in [-0.2, -0.15) is 0 Å². The quantitative estimate of drug-likeness (QED) is 0.723. The minimum atomic E-state index is -0.303. The molecule has 0 saturated carbocycles. The van der Waals surface area contributed by atoms with Crippen LogP contribution in [-0.2, 0) is 4.74 Å². The zero-order chi connectivity index (χ0) is 14.0. The Morgan fingerprint density at radius 3 is 2.89 bits per heavy atom. The number of methoxy groups -OCH3 is 1. The van der Waals surface area contributed by atoms with Crippen molar-refractivity contribution < 1.29 is 4.74 Å². The minimum Gasteiger partial charge on any atom is -0.397 e. The summed E-state index contributed by atoms with van der Waals surface area (Å²) in [4.78, 5) is 18.3. The number of anilines is 2. The molecule has 0 unspecified atom stereocenters. The maximum atomic E-state index is 11.6. The summed E-state index contributed by atoms with van der Waals surface area (Å²) in [5, 5.41) is 3.70. The molecule has 0 aliphatic rings. The number of hydrogen-bond acceptors (Lipinski definition) is 5. The lowest BCUT2D eigenvalue weighted by molar-refractivity contribution is 0.0344. The van der Waals surface area contributed by atoms with Gasteiger partial charge in [0.05, 0.1) is 34.2 Å². The highest BCUT2D eigenvalue weighted by molar-refractivity contribution is 5.88. The van der Waals surface area contributed by atoms with E-state index in [1.54, 1.807) is 19.2 Å². The SMILES string of the molecule is COC(C)(C)CNc1cc2nc[nH]c(=O)c2cc1N. The van der Waals surface area contributed by atoms with Crippen LogP contribution in [0.15, 0.2) is 23.3 Å². The molecule has 0 atom stereocenters. The van der Waals surface area contributed by atoms with Crippen molar-refractivity contribution >= 4 is 22.3 Å². The zero-order valence-electron chi connectivity index (χ0n) is 11.3. The molecule has 0 radical (unpaired) electrons. The van der Waals surface area contributed by atoms with Gasteiger partial charge in [0, 0.05) is 13.7 Å². The van der Waals surface area contributed by atoms with E-state index in [0.29, 0.717) is 23.1 Å². The Labute approximate surface area is 111 Å². The summed E-state index contributed by atoms with van der Waals surface area (Å²) >= 11 is 0. The second-order valence-corrected chi connectivity index (χ2v) is 5.01. The number of nitrogens with two attached hydrogens (primary N) is 1. The summed E-state index contributed by atoms with van der Waals surface area (Å²) in [5.41, 5.74) is 7.31. The van der Waals surface area contributed by atoms with Crippen LogP contribution in [0.1, 0.15) is 13.8 Å². The van der Waals surface area contributed by atoms with Gasteiger partial charge >= 0.3 is 0 Å². The van der Waals surface area contributed by atoms with Crippen LogP contribution < -0.4 is 16.6 Å². The minimum absolute atomic E-state index is 0.194. The fraction of sp³-hybridized carbons (Fsp3) is 0.385. The van der Waals surface area contributed by atoms with Crippen molar-refractivity contribution in [2.45, 2.75) is 19.4 Å². The second-order valence-electron chi connectivity index (χ2n) is 5.01. The van der Waals surface area contributed by atoms with Crippen molar-refractivity contribution in [1.29, 1.82) is 0 Å². The molecule has 19 heavy (non-hydrogen) atoms. The Kier molecular flexibility index (Phi) is 3.44. The smallest absolute Gasteiger partial charge is 0.258 e. The Morgan fingerprint density at radius 1 is 1.47 bits per heavy atom. The van der Waals surface area contributed by atoms with Gasteiger partial charge in [0.25, 0.3) is 5.56 Å². The summed E-state index contributed by atoms with van der Waals surface area (Å²) in [7, 11) is 1.66. The Balaban J connectivity index is 2.35. The summed E-state index contributed by atoms with van der Waals surface area (Å²) in [6.45, 7) is 4.54. The van der Waals surface area contributed by atoms with Crippen LogP contribution in [-0.4, -0.2) is 29.2 Å². The molecule has 4 N–H and O–H groups in total. The first-order valence-corrected chi connectivity index (χ1v) is 5.99. The van der Waals surface area contributed by atoms with Gasteiger partial charge in [-0.25, -0.2) is 4.98 Å². The number of nitrogens with one attached hydrogen (secondary N) is 2. The number of ether oxygens (including phenoxy) is 1. The van der Waals surface area contributed by atoms with Crippen LogP contribution in [0.2, 0.25) is 0 Å². The van der Waals surface area contributed by atoms with Gasteiger partial charge in [-0.15, -0.1) is 0 Å². The molecule has 102 valence electrons. The second kappa shape index (κ2) is 4.89. The Hall–Kier alpha value is -2.08. The average Bonchev–Trinajstić information content (AvgIpc) is 2.38. The Morgan fingerprint density at radius 2 is 2.21 bits per heavy atom. The molecule has 0 amide bonds. The zero-order valence-corrected chi connectivity index (χ0v) is 11.3. The molecule has 6 heteroatoms. The first kappa shape index (κ1) is 13.4. The van der Waals surface area contributed by atoms with E-state index in [2.05, 4.69) is 15.3 Å². The van der Waals surface area contributed by atoms with Crippen molar-refractivity contribution in [2.75, 3.05) is 24.7 Å². The van der Waals surface area contributed by atoms with Gasteiger partial charge in [0.15, 0.2) is 0 Å². The summed E-state index contributed by atoms with van der Waals surface area (Å²) in [6.07, 6.45) is 1.38. The van der Waals surface area contributed by atoms with Gasteiger partial charge in [-0.1, -0.05) is 0 Å². The first-order chi connectivity index (χ1) is 8.93. The normalized spacial score (nSPS) is 11.7. The van der Waals surface area contributed by atoms with Gasteiger partial charge in [0.1, 0.15) is 0 Å². The number of benzene rings is 1. The predicted molar refractivity (Wildman–Crippen MR) is 76.4 cm³/mol. The molecule has 0 bridgehead atoms. The number of rotatable bonds is 4. The maximum Gasteiger partial charge on any atom is 0.258 e. The number of fused-ring (bicyclic) bond motifs is 1. The predicted octanol–water partition coefficient (Wildman–Crippen LogP) is 1.34. The molecule has 1 heterocycles. The molecule has 0 aliphatic carbocycles. The highest BCUT2D eigenvalue weighted by Crippen LogP contribution is 2.23. The number of nitrogens with zero attached hydrogens (tertiary/aromatic N) is 1. The number of hydrogen-bond donors (Lipinski definition) is 3. The molecule has 1 aromatic heterocycles. The topological polar surface area (TPSA) is 93.0 Å². The van der Waals surface area contributed by atoms with Crippen molar-refractivity contribution in [2.24, 2.45) is 0 Å². The molecule has 2 aromatic rings. The van der Waals surface area contributed by atoms with Gasteiger partial charge in [-0.05, 0) is 26.0 Å². The molecule has 0 saturated heterocycles. The van der Waals surface area contributed by atoms with Crippen LogP contribution in [0.3, 0.4) is 0 Å². The molecule has 0 fully saturated rings. The van der Waals surface area contributed by atoms with Gasteiger partial charge in [0.2, 0.25) is 0 Å². The number of aromatic amines is 1. The van der Waals surface area contributed by atoms with E-state index in [4.69, 9.17) is 10.5 Å². The highest BCUT2D eigenvalue weighted by atomic mass is 16.5. The van der Waals surface area contributed by atoms with Crippen LogP contribution in [0.5, 0.6) is 0 Å². The molecule has 1 aromatic carbocycles. The van der Waals surface area contributed by atoms with E-state index < -0.39 is 0 Å². The van der Waals surface area contributed by atoms with Gasteiger partial charge < -0.3 is 20.8 Å². The summed E-state index contributed by atoms with van der Waals surface area (Å²) < 4.78 is 5.33. The monoisotopic (exact) mass is 262 g/mol. The summed E-state index contributed by atoms with van der Waals surface area (Å²) in [6, 6.07) is 3.40. The summed E-state index contributed by atoms with van der Waals surface area (Å²) in [5.74, 6) is 0. The fourth-order valence-corrected chi connectivity index (χ4v) is 1.67. The lowest BCUT2D eigenvalue weighted by Gasteiger charge is -2.24. The van der Waals surface area contributed by atoms with Crippen molar-refractivity contribution in [3.8, 4) is 0 Å². The van der Waals surface area contributed by atoms with Crippen molar-refractivity contribution in [3.63, 3.8) is 0 Å². The largest absolute Gasteiger partial charge is 0.397 e. The van der Waals surface area contributed by atoms with E-state index in [0.717, 1.165) is 5.69 Å². The third kappa shape index (κ3) is 2.85. The van der Waals surface area contributed by atoms with Crippen LogP contribution >= 0.6 is 0 Å². The van der Waals surface area contributed by atoms with E-state index in [-0.39, 0.29) is 11.2 Å². The molecular formula is C13H18N4O2. The van der Waals surface area contributed by atoms with Gasteiger partial charge in [-0.3, -0.25) is 4.79 Å². The Bertz CT molecular complexity index is 649.